The molecule has 0 saturated heterocycles. The molecule has 0 N–H and O–H groups in total. The number of hydrogen-bond donors (Lipinski definition) is 0. The summed E-state index contributed by atoms with van der Waals surface area (Å²) < 4.78 is 5.07. The second kappa shape index (κ2) is 10.8. The van der Waals surface area contributed by atoms with Crippen LogP contribution in [0.5, 0.6) is 0 Å². The lowest BCUT2D eigenvalue weighted by atomic mass is 10.3. The zero-order chi connectivity index (χ0) is 19.1. The standard InChI is InChI=1S/C24H33N2P.ClH/c1-4-6-18-25-19-20-26(22(25)3)27(21-7-5-2,23-14-10-8-11-15-23)24-16-12-9-13-17-24;/h8-17,19-20H,4-7,18,21H2,1-3H3;1H/q+2;/p-1. The Balaban J connectivity index is 0.00000280. The van der Waals surface area contributed by atoms with Crippen molar-refractivity contribution in [3.05, 3.63) is 78.9 Å². The van der Waals surface area contributed by atoms with Gasteiger partial charge in [-0.25, -0.2) is 4.57 Å². The van der Waals surface area contributed by atoms with Crippen molar-refractivity contribution < 1.29 is 17.0 Å². The van der Waals surface area contributed by atoms with E-state index in [-0.39, 0.29) is 12.4 Å². The van der Waals surface area contributed by atoms with Gasteiger partial charge in [0.25, 0.3) is 5.82 Å². The van der Waals surface area contributed by atoms with Crippen molar-refractivity contribution in [1.29, 1.82) is 0 Å². The molecule has 2 aromatic carbocycles. The smallest absolute Gasteiger partial charge is 0.290 e. The highest BCUT2D eigenvalue weighted by molar-refractivity contribution is 7.88. The fourth-order valence-electron chi connectivity index (χ4n) is 3.92. The van der Waals surface area contributed by atoms with Crippen LogP contribution >= 0.6 is 7.41 Å². The van der Waals surface area contributed by atoms with Crippen molar-refractivity contribution in [2.45, 2.75) is 53.0 Å². The van der Waals surface area contributed by atoms with Crippen molar-refractivity contribution in [3.63, 3.8) is 0 Å². The van der Waals surface area contributed by atoms with Crippen LogP contribution in [0.15, 0.2) is 73.1 Å². The monoisotopic (exact) mass is 415 g/mol. The number of hydrogen-bond acceptors (Lipinski definition) is 0. The molecule has 1 aromatic heterocycles. The molecular weight excluding hydrogens is 383 g/mol. The quantitative estimate of drug-likeness (QED) is 0.374. The molecule has 0 aliphatic heterocycles. The van der Waals surface area contributed by atoms with Gasteiger partial charge in [0, 0.05) is 6.92 Å². The number of benzene rings is 2. The van der Waals surface area contributed by atoms with Crippen LogP contribution in [-0.2, 0) is 6.54 Å². The molecule has 0 saturated carbocycles. The lowest BCUT2D eigenvalue weighted by Gasteiger charge is -2.24. The molecule has 0 bridgehead atoms. The van der Waals surface area contributed by atoms with Crippen molar-refractivity contribution >= 4 is 18.0 Å². The summed E-state index contributed by atoms with van der Waals surface area (Å²) in [5, 5.41) is 2.96. The first-order valence-corrected chi connectivity index (χ1v) is 12.2. The van der Waals surface area contributed by atoms with Gasteiger partial charge in [0.05, 0.1) is 6.54 Å². The fourth-order valence-corrected chi connectivity index (χ4v) is 8.45. The average Bonchev–Trinajstić information content (AvgIpc) is 3.09. The molecule has 150 valence electrons. The van der Waals surface area contributed by atoms with Crippen molar-refractivity contribution in [2.75, 3.05) is 6.16 Å². The lowest BCUT2D eigenvalue weighted by Crippen LogP contribution is -3.00. The van der Waals surface area contributed by atoms with Crippen LogP contribution in [0, 0.1) is 6.92 Å². The van der Waals surface area contributed by atoms with E-state index < -0.39 is 7.41 Å². The Morgan fingerprint density at radius 2 is 1.36 bits per heavy atom. The molecule has 4 heteroatoms. The van der Waals surface area contributed by atoms with Crippen molar-refractivity contribution in [2.24, 2.45) is 0 Å². The van der Waals surface area contributed by atoms with Crippen LogP contribution in [0.3, 0.4) is 0 Å². The van der Waals surface area contributed by atoms with Crippen LogP contribution in [0.1, 0.15) is 45.4 Å². The van der Waals surface area contributed by atoms with Gasteiger partial charge in [0.1, 0.15) is 23.0 Å². The number of rotatable bonds is 9. The Bertz CT molecular complexity index is 791. The minimum atomic E-state index is -1.72. The van der Waals surface area contributed by atoms with Gasteiger partial charge in [-0.05, 0) is 37.1 Å². The summed E-state index contributed by atoms with van der Waals surface area (Å²) in [5.41, 5.74) is 0. The minimum absolute atomic E-state index is 0. The fraction of sp³-hybridized carbons (Fsp3) is 0.375. The van der Waals surface area contributed by atoms with E-state index in [1.165, 1.54) is 48.3 Å². The van der Waals surface area contributed by atoms with Crippen molar-refractivity contribution in [3.8, 4) is 0 Å². The lowest BCUT2D eigenvalue weighted by molar-refractivity contribution is -0.702. The third kappa shape index (κ3) is 4.50. The zero-order valence-electron chi connectivity index (χ0n) is 17.4. The minimum Gasteiger partial charge on any atom is -1.00 e. The van der Waals surface area contributed by atoms with Crippen LogP contribution in [0.4, 0.5) is 0 Å². The molecule has 0 atom stereocenters. The van der Waals surface area contributed by atoms with E-state index >= 15 is 0 Å². The number of aromatic nitrogens is 2. The molecule has 0 amide bonds. The van der Waals surface area contributed by atoms with Gasteiger partial charge in [0.15, 0.2) is 6.20 Å². The van der Waals surface area contributed by atoms with E-state index in [0.29, 0.717) is 0 Å². The molecule has 0 spiro atoms. The molecular formula is C24H33ClN2P+. The van der Waals surface area contributed by atoms with Crippen LogP contribution in [0.2, 0.25) is 0 Å². The summed E-state index contributed by atoms with van der Waals surface area (Å²) >= 11 is 0. The second-order valence-electron chi connectivity index (χ2n) is 7.25. The zero-order valence-corrected chi connectivity index (χ0v) is 19.0. The molecule has 0 aliphatic carbocycles. The summed E-state index contributed by atoms with van der Waals surface area (Å²) in [5.74, 6) is 1.38. The predicted octanol–water partition coefficient (Wildman–Crippen LogP) is 2.12. The number of aryl methyl sites for hydroxylation is 1. The topological polar surface area (TPSA) is 8.81 Å². The van der Waals surface area contributed by atoms with Crippen LogP contribution in [0.25, 0.3) is 0 Å². The Kier molecular flexibility index (Phi) is 8.73. The highest BCUT2D eigenvalue weighted by Crippen LogP contribution is 2.58. The number of imidazole rings is 1. The number of halogens is 1. The van der Waals surface area contributed by atoms with Gasteiger partial charge in [-0.1, -0.05) is 67.4 Å². The first kappa shape index (κ1) is 22.7. The maximum absolute atomic E-state index is 2.63. The third-order valence-electron chi connectivity index (χ3n) is 5.46. The predicted molar refractivity (Wildman–Crippen MR) is 119 cm³/mol. The highest BCUT2D eigenvalue weighted by Gasteiger charge is 2.50. The summed E-state index contributed by atoms with van der Waals surface area (Å²) in [7, 11) is -1.72. The number of unbranched alkanes of at least 4 members (excludes halogenated alkanes) is 2. The SMILES string of the molecule is CCCC[n+]1ccn([P+](CCCC)(c2ccccc2)c2ccccc2)c1C.[Cl-]. The first-order chi connectivity index (χ1) is 13.2. The molecule has 28 heavy (non-hydrogen) atoms. The van der Waals surface area contributed by atoms with Gasteiger partial charge in [-0.15, -0.1) is 0 Å². The second-order valence-corrected chi connectivity index (χ2v) is 10.7. The van der Waals surface area contributed by atoms with Gasteiger partial charge in [-0.3, -0.25) is 0 Å². The Morgan fingerprint density at radius 3 is 1.86 bits per heavy atom. The maximum Gasteiger partial charge on any atom is 0.290 e. The van der Waals surface area contributed by atoms with Crippen LogP contribution in [-0.4, -0.2) is 10.5 Å². The van der Waals surface area contributed by atoms with E-state index in [1.807, 2.05) is 0 Å². The van der Waals surface area contributed by atoms with Gasteiger partial charge in [0.2, 0.25) is 7.41 Å². The van der Waals surface area contributed by atoms with E-state index in [4.69, 9.17) is 0 Å². The van der Waals surface area contributed by atoms with Gasteiger partial charge < -0.3 is 12.4 Å². The maximum atomic E-state index is 2.63. The molecule has 0 unspecified atom stereocenters. The molecule has 0 radical (unpaired) electrons. The summed E-state index contributed by atoms with van der Waals surface area (Å²) in [6, 6.07) is 22.4. The number of nitrogens with zero attached hydrogens (tertiary/aromatic N) is 2. The third-order valence-corrected chi connectivity index (χ3v) is 9.88. The summed E-state index contributed by atoms with van der Waals surface area (Å²) in [4.78, 5) is 0. The normalized spacial score (nSPS) is 11.2. The molecule has 3 rings (SSSR count). The highest BCUT2D eigenvalue weighted by atomic mass is 35.5. The van der Waals surface area contributed by atoms with Gasteiger partial charge in [-0.2, -0.15) is 0 Å². The van der Waals surface area contributed by atoms with E-state index in [2.05, 4.69) is 103 Å². The van der Waals surface area contributed by atoms with E-state index in [1.54, 1.807) is 0 Å². The summed E-state index contributed by atoms with van der Waals surface area (Å²) in [6.07, 6.45) is 10.8. The molecule has 1 heterocycles. The average molecular weight is 416 g/mol. The first-order valence-electron chi connectivity index (χ1n) is 10.3. The molecule has 3 aromatic rings. The van der Waals surface area contributed by atoms with Crippen LogP contribution < -0.4 is 27.6 Å². The largest absolute Gasteiger partial charge is 1.00 e. The molecule has 0 aliphatic rings. The van der Waals surface area contributed by atoms with Crippen molar-refractivity contribution in [1.82, 2.24) is 4.34 Å². The van der Waals surface area contributed by atoms with Gasteiger partial charge >= 0.3 is 0 Å². The van der Waals surface area contributed by atoms with E-state index in [9.17, 15) is 0 Å². The Morgan fingerprint density at radius 1 is 0.821 bits per heavy atom. The Labute approximate surface area is 177 Å². The molecule has 2 nitrogen and oxygen atoms in total. The molecule has 0 fully saturated rings. The Hall–Kier alpha value is -1.63. The van der Waals surface area contributed by atoms with E-state index in [0.717, 1.165) is 6.54 Å². The summed E-state index contributed by atoms with van der Waals surface area (Å²) in [6.45, 7) is 7.96.